The zero-order valence-corrected chi connectivity index (χ0v) is 8.49. The number of benzene rings is 2. The maximum absolute atomic E-state index is 9.44. The molecule has 0 aliphatic rings. The molecule has 0 radical (unpaired) electrons. The highest BCUT2D eigenvalue weighted by Gasteiger charge is 2.04. The van der Waals surface area contributed by atoms with E-state index in [2.05, 4.69) is 32.0 Å². The van der Waals surface area contributed by atoms with Gasteiger partial charge in [-0.15, -0.1) is 0 Å². The molecule has 0 aliphatic heterocycles. The Labute approximate surface area is 84.0 Å². The van der Waals surface area contributed by atoms with Crippen LogP contribution in [0.2, 0.25) is 0 Å². The summed E-state index contributed by atoms with van der Waals surface area (Å²) in [6.07, 6.45) is 0. The normalized spacial score (nSPS) is 11.1. The molecule has 2 aromatic carbocycles. The van der Waals surface area contributed by atoms with Gasteiger partial charge in [0.25, 0.3) is 0 Å². The third-order valence-electron chi connectivity index (χ3n) is 2.52. The minimum Gasteiger partial charge on any atom is -0.508 e. The van der Waals surface area contributed by atoms with Crippen molar-refractivity contribution >= 4 is 10.8 Å². The molecule has 14 heavy (non-hydrogen) atoms. The van der Waals surface area contributed by atoms with E-state index in [1.807, 2.05) is 12.1 Å². The molecule has 0 spiro atoms. The summed E-state index contributed by atoms with van der Waals surface area (Å²) in [6, 6.07) is 11.8. The van der Waals surface area contributed by atoms with Gasteiger partial charge in [-0.05, 0) is 34.4 Å². The van der Waals surface area contributed by atoms with E-state index in [1.165, 1.54) is 10.9 Å². The van der Waals surface area contributed by atoms with E-state index >= 15 is 0 Å². The van der Waals surface area contributed by atoms with Gasteiger partial charge in [0, 0.05) is 0 Å². The van der Waals surface area contributed by atoms with Crippen molar-refractivity contribution in [2.75, 3.05) is 0 Å². The number of hydrogen-bond donors (Lipinski definition) is 1. The standard InChI is InChI=1S/C13H14O/c1-9(2)12-5-3-4-10-6-7-11(14)8-13(10)12/h3-9,14H,1-2H3. The van der Waals surface area contributed by atoms with Crippen LogP contribution in [0, 0.1) is 0 Å². The number of hydrogen-bond acceptors (Lipinski definition) is 1. The van der Waals surface area contributed by atoms with Crippen LogP contribution in [0.15, 0.2) is 36.4 Å². The fourth-order valence-corrected chi connectivity index (χ4v) is 1.79. The maximum Gasteiger partial charge on any atom is 0.116 e. The molecule has 1 N–H and O–H groups in total. The van der Waals surface area contributed by atoms with Gasteiger partial charge in [0.15, 0.2) is 0 Å². The Bertz CT molecular complexity index is 458. The Morgan fingerprint density at radius 3 is 2.57 bits per heavy atom. The average molecular weight is 186 g/mol. The van der Waals surface area contributed by atoms with Gasteiger partial charge in [-0.1, -0.05) is 38.1 Å². The number of phenols is 1. The quantitative estimate of drug-likeness (QED) is 0.720. The van der Waals surface area contributed by atoms with Gasteiger partial charge < -0.3 is 5.11 Å². The van der Waals surface area contributed by atoms with Gasteiger partial charge in [-0.25, -0.2) is 0 Å². The molecule has 0 saturated carbocycles. The van der Waals surface area contributed by atoms with Crippen molar-refractivity contribution in [2.45, 2.75) is 19.8 Å². The van der Waals surface area contributed by atoms with E-state index in [-0.39, 0.29) is 0 Å². The summed E-state index contributed by atoms with van der Waals surface area (Å²) in [7, 11) is 0. The first-order valence-electron chi connectivity index (χ1n) is 4.90. The molecule has 0 saturated heterocycles. The van der Waals surface area contributed by atoms with Gasteiger partial charge in [0.2, 0.25) is 0 Å². The van der Waals surface area contributed by atoms with Gasteiger partial charge in [-0.2, -0.15) is 0 Å². The van der Waals surface area contributed by atoms with Crippen LogP contribution in [0.25, 0.3) is 10.8 Å². The van der Waals surface area contributed by atoms with Gasteiger partial charge in [0.1, 0.15) is 5.75 Å². The zero-order chi connectivity index (χ0) is 10.1. The first-order chi connectivity index (χ1) is 6.68. The zero-order valence-electron chi connectivity index (χ0n) is 8.49. The molecule has 0 aromatic heterocycles. The molecular formula is C13H14O. The molecular weight excluding hydrogens is 172 g/mol. The van der Waals surface area contributed by atoms with Crippen molar-refractivity contribution in [1.82, 2.24) is 0 Å². The van der Waals surface area contributed by atoms with E-state index in [9.17, 15) is 5.11 Å². The minimum atomic E-state index is 0.339. The molecule has 0 amide bonds. The van der Waals surface area contributed by atoms with E-state index in [4.69, 9.17) is 0 Å². The summed E-state index contributed by atoms with van der Waals surface area (Å²) in [5.74, 6) is 0.825. The Balaban J connectivity index is 2.77. The monoisotopic (exact) mass is 186 g/mol. The molecule has 2 aromatic rings. The van der Waals surface area contributed by atoms with Crippen molar-refractivity contribution in [3.63, 3.8) is 0 Å². The third-order valence-corrected chi connectivity index (χ3v) is 2.52. The van der Waals surface area contributed by atoms with Crippen LogP contribution in [0.5, 0.6) is 5.75 Å². The fraction of sp³-hybridized carbons (Fsp3) is 0.231. The summed E-state index contributed by atoms with van der Waals surface area (Å²) in [5.41, 5.74) is 1.29. The summed E-state index contributed by atoms with van der Waals surface area (Å²) in [6.45, 7) is 4.33. The highest BCUT2D eigenvalue weighted by atomic mass is 16.3. The number of fused-ring (bicyclic) bond motifs is 1. The van der Waals surface area contributed by atoms with E-state index in [1.54, 1.807) is 6.07 Å². The smallest absolute Gasteiger partial charge is 0.116 e. The predicted octanol–water partition coefficient (Wildman–Crippen LogP) is 3.67. The SMILES string of the molecule is CC(C)c1cccc2ccc(O)cc12. The number of aromatic hydroxyl groups is 1. The first kappa shape index (κ1) is 9.07. The topological polar surface area (TPSA) is 20.2 Å². The van der Waals surface area contributed by atoms with Crippen LogP contribution in [-0.2, 0) is 0 Å². The maximum atomic E-state index is 9.44. The molecule has 1 nitrogen and oxygen atoms in total. The largest absolute Gasteiger partial charge is 0.508 e. The van der Waals surface area contributed by atoms with Gasteiger partial charge in [-0.3, -0.25) is 0 Å². The summed E-state index contributed by atoms with van der Waals surface area (Å²) in [4.78, 5) is 0. The van der Waals surface area contributed by atoms with Crippen LogP contribution < -0.4 is 0 Å². The summed E-state index contributed by atoms with van der Waals surface area (Å²) in [5, 5.41) is 11.8. The highest BCUT2D eigenvalue weighted by Crippen LogP contribution is 2.27. The average Bonchev–Trinajstić information content (AvgIpc) is 2.16. The Morgan fingerprint density at radius 1 is 1.07 bits per heavy atom. The lowest BCUT2D eigenvalue weighted by molar-refractivity contribution is 0.476. The molecule has 2 rings (SSSR count). The Morgan fingerprint density at radius 2 is 1.86 bits per heavy atom. The van der Waals surface area contributed by atoms with E-state index < -0.39 is 0 Å². The van der Waals surface area contributed by atoms with Crippen molar-refractivity contribution in [2.24, 2.45) is 0 Å². The predicted molar refractivity (Wildman–Crippen MR) is 59.7 cm³/mol. The lowest BCUT2D eigenvalue weighted by atomic mass is 9.96. The van der Waals surface area contributed by atoms with E-state index in [0.29, 0.717) is 11.7 Å². The molecule has 0 heterocycles. The second-order valence-corrected chi connectivity index (χ2v) is 3.91. The van der Waals surface area contributed by atoms with Crippen LogP contribution in [0.4, 0.5) is 0 Å². The fourth-order valence-electron chi connectivity index (χ4n) is 1.79. The van der Waals surface area contributed by atoms with Crippen LogP contribution >= 0.6 is 0 Å². The second-order valence-electron chi connectivity index (χ2n) is 3.91. The van der Waals surface area contributed by atoms with Crippen molar-refractivity contribution in [3.05, 3.63) is 42.0 Å². The van der Waals surface area contributed by atoms with Gasteiger partial charge >= 0.3 is 0 Å². The van der Waals surface area contributed by atoms with Crippen LogP contribution in [0.3, 0.4) is 0 Å². The minimum absolute atomic E-state index is 0.339. The molecule has 0 aliphatic carbocycles. The molecule has 0 fully saturated rings. The third kappa shape index (κ3) is 1.46. The lowest BCUT2D eigenvalue weighted by Crippen LogP contribution is -1.88. The molecule has 0 bridgehead atoms. The number of phenolic OH excluding ortho intramolecular Hbond substituents is 1. The molecule has 0 atom stereocenters. The van der Waals surface area contributed by atoms with Crippen LogP contribution in [-0.4, -0.2) is 5.11 Å². The first-order valence-corrected chi connectivity index (χ1v) is 4.90. The van der Waals surface area contributed by atoms with Crippen LogP contribution in [0.1, 0.15) is 25.3 Å². The summed E-state index contributed by atoms with van der Waals surface area (Å²) >= 11 is 0. The molecule has 0 unspecified atom stereocenters. The summed E-state index contributed by atoms with van der Waals surface area (Å²) < 4.78 is 0. The molecule has 72 valence electrons. The van der Waals surface area contributed by atoms with Crippen molar-refractivity contribution in [3.8, 4) is 5.75 Å². The number of rotatable bonds is 1. The van der Waals surface area contributed by atoms with Crippen molar-refractivity contribution in [1.29, 1.82) is 0 Å². The molecule has 1 heteroatoms. The van der Waals surface area contributed by atoms with Gasteiger partial charge in [0.05, 0.1) is 0 Å². The lowest BCUT2D eigenvalue weighted by Gasteiger charge is -2.09. The Hall–Kier alpha value is -1.50. The van der Waals surface area contributed by atoms with E-state index in [0.717, 1.165) is 5.39 Å². The van der Waals surface area contributed by atoms with Crippen molar-refractivity contribution < 1.29 is 5.11 Å². The second kappa shape index (κ2) is 3.33. The Kier molecular flexibility index (Phi) is 2.16. The highest BCUT2D eigenvalue weighted by molar-refractivity contribution is 5.87.